The van der Waals surface area contributed by atoms with E-state index in [2.05, 4.69) is 19.0 Å². The summed E-state index contributed by atoms with van der Waals surface area (Å²) in [5.41, 5.74) is 3.96. The third-order valence-electron chi connectivity index (χ3n) is 1.07. The molecular formula is C7H15NO. The minimum absolute atomic E-state index is 0.705. The molecule has 0 saturated heterocycles. The zero-order valence-electron chi connectivity index (χ0n) is 6.24. The molecule has 0 aromatic heterocycles. The Labute approximate surface area is 56.9 Å². The molecule has 2 heteroatoms. The first-order valence-electron chi connectivity index (χ1n) is 3.32. The summed E-state index contributed by atoms with van der Waals surface area (Å²) in [5, 5.41) is 0. The largest absolute Gasteiger partial charge is 0.302 e. The number of hydrogen-bond acceptors (Lipinski definition) is 2. The molecule has 0 spiro atoms. The lowest BCUT2D eigenvalue weighted by atomic mass is 10.2. The average molecular weight is 129 g/mol. The quantitative estimate of drug-likeness (QED) is 0.345. The van der Waals surface area contributed by atoms with Gasteiger partial charge in [0.15, 0.2) is 0 Å². The minimum atomic E-state index is 0.705. The lowest BCUT2D eigenvalue weighted by molar-refractivity contribution is 0.0568. The van der Waals surface area contributed by atoms with E-state index in [-0.39, 0.29) is 0 Å². The maximum atomic E-state index is 4.90. The highest BCUT2D eigenvalue weighted by Gasteiger charge is 1.86. The Balaban J connectivity index is 2.97. The van der Waals surface area contributed by atoms with Crippen molar-refractivity contribution in [2.45, 2.75) is 20.3 Å². The van der Waals surface area contributed by atoms with Crippen LogP contribution in [-0.2, 0) is 4.84 Å². The highest BCUT2D eigenvalue weighted by molar-refractivity contribution is 4.93. The summed E-state index contributed by atoms with van der Waals surface area (Å²) in [4.78, 5) is 4.90. The Morgan fingerprint density at radius 1 is 1.56 bits per heavy atom. The summed E-state index contributed by atoms with van der Waals surface area (Å²) in [7, 11) is 0. The third kappa shape index (κ3) is 5.53. The Kier molecular flexibility index (Phi) is 5.57. The van der Waals surface area contributed by atoms with Crippen molar-refractivity contribution in [1.29, 1.82) is 0 Å². The molecule has 1 N–H and O–H groups in total. The van der Waals surface area contributed by atoms with E-state index in [1.807, 2.05) is 6.92 Å². The molecule has 0 aliphatic rings. The van der Waals surface area contributed by atoms with Crippen LogP contribution in [0.1, 0.15) is 20.3 Å². The fourth-order valence-electron chi connectivity index (χ4n) is 0.380. The molecule has 0 rings (SSSR count). The fraction of sp³-hybridized carbons (Fsp3) is 0.714. The smallest absolute Gasteiger partial charge is 0.0654 e. The molecule has 0 aliphatic heterocycles. The van der Waals surface area contributed by atoms with Gasteiger partial charge in [-0.3, -0.25) is 0 Å². The van der Waals surface area contributed by atoms with Gasteiger partial charge in [0.1, 0.15) is 0 Å². The number of rotatable bonds is 5. The topological polar surface area (TPSA) is 21.3 Å². The van der Waals surface area contributed by atoms with E-state index < -0.39 is 0 Å². The summed E-state index contributed by atoms with van der Waals surface area (Å²) in [5.74, 6) is 0. The van der Waals surface area contributed by atoms with E-state index in [0.717, 1.165) is 13.0 Å². The highest BCUT2D eigenvalue weighted by Crippen LogP contribution is 1.91. The van der Waals surface area contributed by atoms with Crippen LogP contribution in [0.3, 0.4) is 0 Å². The zero-order chi connectivity index (χ0) is 7.11. The summed E-state index contributed by atoms with van der Waals surface area (Å²) < 4.78 is 0. The molecule has 0 aliphatic carbocycles. The van der Waals surface area contributed by atoms with Crippen LogP contribution in [-0.4, -0.2) is 13.2 Å². The highest BCUT2D eigenvalue weighted by atomic mass is 16.6. The van der Waals surface area contributed by atoms with Crippen molar-refractivity contribution < 1.29 is 4.84 Å². The van der Waals surface area contributed by atoms with Gasteiger partial charge in [-0.1, -0.05) is 19.1 Å². The van der Waals surface area contributed by atoms with Crippen molar-refractivity contribution >= 4 is 0 Å². The molecule has 0 unspecified atom stereocenters. The molecule has 0 fully saturated rings. The molecule has 2 nitrogen and oxygen atoms in total. The van der Waals surface area contributed by atoms with E-state index in [1.165, 1.54) is 5.57 Å². The fourth-order valence-corrected chi connectivity index (χ4v) is 0.380. The van der Waals surface area contributed by atoms with E-state index in [4.69, 9.17) is 4.84 Å². The third-order valence-corrected chi connectivity index (χ3v) is 1.07. The van der Waals surface area contributed by atoms with E-state index in [0.29, 0.717) is 6.61 Å². The zero-order valence-corrected chi connectivity index (χ0v) is 6.24. The summed E-state index contributed by atoms with van der Waals surface area (Å²) in [6.07, 6.45) is 1.01. The first-order chi connectivity index (χ1) is 4.31. The van der Waals surface area contributed by atoms with Crippen LogP contribution in [0.5, 0.6) is 0 Å². The summed E-state index contributed by atoms with van der Waals surface area (Å²) in [6.45, 7) is 9.30. The summed E-state index contributed by atoms with van der Waals surface area (Å²) >= 11 is 0. The van der Waals surface area contributed by atoms with Gasteiger partial charge in [0.05, 0.1) is 6.61 Å². The molecule has 0 amide bonds. The van der Waals surface area contributed by atoms with Gasteiger partial charge >= 0.3 is 0 Å². The van der Waals surface area contributed by atoms with Crippen LogP contribution in [0.2, 0.25) is 0 Å². The molecule has 0 atom stereocenters. The second-order valence-corrected chi connectivity index (χ2v) is 1.86. The van der Waals surface area contributed by atoms with Crippen molar-refractivity contribution in [2.24, 2.45) is 0 Å². The van der Waals surface area contributed by atoms with E-state index in [9.17, 15) is 0 Å². The van der Waals surface area contributed by atoms with Crippen molar-refractivity contribution in [3.63, 3.8) is 0 Å². The van der Waals surface area contributed by atoms with Gasteiger partial charge in [-0.15, -0.1) is 0 Å². The number of nitrogens with one attached hydrogen (secondary N) is 1. The van der Waals surface area contributed by atoms with Crippen LogP contribution < -0.4 is 5.48 Å². The molecule has 0 bridgehead atoms. The van der Waals surface area contributed by atoms with Crippen LogP contribution in [0, 0.1) is 0 Å². The van der Waals surface area contributed by atoms with Gasteiger partial charge in [0.2, 0.25) is 0 Å². The van der Waals surface area contributed by atoms with Crippen LogP contribution in [0.15, 0.2) is 12.2 Å². The van der Waals surface area contributed by atoms with Gasteiger partial charge in [0.25, 0.3) is 0 Å². The Hall–Kier alpha value is -0.340. The van der Waals surface area contributed by atoms with Crippen LogP contribution >= 0.6 is 0 Å². The lowest BCUT2D eigenvalue weighted by Gasteiger charge is -2.02. The standard InChI is InChI=1S/C7H15NO/c1-4-7(3)6-8-9-5-2/h8H,3-6H2,1-2H3. The molecule has 54 valence electrons. The monoisotopic (exact) mass is 129 g/mol. The molecule has 0 heterocycles. The van der Waals surface area contributed by atoms with Gasteiger partial charge in [0, 0.05) is 6.54 Å². The maximum absolute atomic E-state index is 4.90. The molecular weight excluding hydrogens is 114 g/mol. The number of hydrogen-bond donors (Lipinski definition) is 1. The van der Waals surface area contributed by atoms with Crippen molar-refractivity contribution in [3.8, 4) is 0 Å². The van der Waals surface area contributed by atoms with Gasteiger partial charge in [-0.25, -0.2) is 0 Å². The maximum Gasteiger partial charge on any atom is 0.0654 e. The first-order valence-corrected chi connectivity index (χ1v) is 3.32. The Morgan fingerprint density at radius 3 is 2.67 bits per heavy atom. The molecule has 0 radical (unpaired) electrons. The average Bonchev–Trinajstić information content (AvgIpc) is 1.89. The predicted molar refractivity (Wildman–Crippen MR) is 39.1 cm³/mol. The molecule has 0 aromatic carbocycles. The molecule has 9 heavy (non-hydrogen) atoms. The molecule has 0 aromatic rings. The summed E-state index contributed by atoms with van der Waals surface area (Å²) in [6, 6.07) is 0. The van der Waals surface area contributed by atoms with Crippen LogP contribution in [0.4, 0.5) is 0 Å². The SMILES string of the molecule is C=C(CC)CNOCC. The first kappa shape index (κ1) is 8.66. The van der Waals surface area contributed by atoms with Gasteiger partial charge in [-0.2, -0.15) is 5.48 Å². The number of hydroxylamine groups is 1. The Morgan fingerprint density at radius 2 is 2.22 bits per heavy atom. The second-order valence-electron chi connectivity index (χ2n) is 1.86. The normalized spacial score (nSPS) is 9.56. The molecule has 0 saturated carbocycles. The van der Waals surface area contributed by atoms with Crippen molar-refractivity contribution in [2.75, 3.05) is 13.2 Å². The van der Waals surface area contributed by atoms with Gasteiger partial charge in [-0.05, 0) is 13.3 Å². The van der Waals surface area contributed by atoms with Gasteiger partial charge < -0.3 is 4.84 Å². The Bertz CT molecular complexity index is 81.0. The van der Waals surface area contributed by atoms with E-state index in [1.54, 1.807) is 0 Å². The van der Waals surface area contributed by atoms with E-state index >= 15 is 0 Å². The second kappa shape index (κ2) is 5.79. The van der Waals surface area contributed by atoms with Crippen molar-refractivity contribution in [1.82, 2.24) is 5.48 Å². The van der Waals surface area contributed by atoms with Crippen molar-refractivity contribution in [3.05, 3.63) is 12.2 Å². The lowest BCUT2D eigenvalue weighted by Crippen LogP contribution is -2.16. The minimum Gasteiger partial charge on any atom is -0.302 e. The van der Waals surface area contributed by atoms with Crippen LogP contribution in [0.25, 0.3) is 0 Å². The predicted octanol–water partition coefficient (Wildman–Crippen LogP) is 1.49.